The van der Waals surface area contributed by atoms with Crippen molar-refractivity contribution >= 4 is 15.9 Å². The highest BCUT2D eigenvalue weighted by molar-refractivity contribution is 9.10. The molecule has 100 valence electrons. The zero-order valence-electron chi connectivity index (χ0n) is 11.2. The van der Waals surface area contributed by atoms with Gasteiger partial charge in [-0.1, -0.05) is 45.8 Å². The number of methoxy groups -OCH3 is 1. The van der Waals surface area contributed by atoms with Crippen LogP contribution in [0.15, 0.2) is 46.9 Å². The lowest BCUT2D eigenvalue weighted by atomic mass is 9.98. The molecule has 1 unspecified atom stereocenters. The third kappa shape index (κ3) is 3.58. The Morgan fingerprint density at radius 1 is 1.21 bits per heavy atom. The third-order valence-corrected chi connectivity index (χ3v) is 3.62. The van der Waals surface area contributed by atoms with Gasteiger partial charge in [0.2, 0.25) is 0 Å². The highest BCUT2D eigenvalue weighted by Crippen LogP contribution is 2.29. The van der Waals surface area contributed by atoms with Crippen LogP contribution in [-0.4, -0.2) is 7.11 Å². The number of hydrogen-bond donors (Lipinski definition) is 1. The van der Waals surface area contributed by atoms with Gasteiger partial charge in [-0.05, 0) is 37.1 Å². The maximum atomic E-state index is 6.32. The summed E-state index contributed by atoms with van der Waals surface area (Å²) in [6.07, 6.45) is 0.800. The Morgan fingerprint density at radius 2 is 2.00 bits per heavy atom. The van der Waals surface area contributed by atoms with E-state index >= 15 is 0 Å². The molecule has 0 bridgehead atoms. The summed E-state index contributed by atoms with van der Waals surface area (Å²) in [4.78, 5) is 0. The number of aryl methyl sites for hydroxylation is 1. The summed E-state index contributed by atoms with van der Waals surface area (Å²) in [6, 6.07) is 14.3. The Hall–Kier alpha value is -1.32. The highest BCUT2D eigenvalue weighted by atomic mass is 79.9. The molecule has 0 radical (unpaired) electrons. The Bertz CT molecular complexity index is 568. The molecule has 0 aliphatic carbocycles. The smallest absolute Gasteiger partial charge is 0.123 e. The molecule has 2 nitrogen and oxygen atoms in total. The van der Waals surface area contributed by atoms with Crippen LogP contribution in [0.25, 0.3) is 0 Å². The van der Waals surface area contributed by atoms with Gasteiger partial charge in [0.05, 0.1) is 7.11 Å². The fourth-order valence-electron chi connectivity index (χ4n) is 2.20. The molecule has 0 heterocycles. The molecule has 0 aliphatic rings. The van der Waals surface area contributed by atoms with Gasteiger partial charge in [0.15, 0.2) is 0 Å². The molecule has 0 aromatic heterocycles. The van der Waals surface area contributed by atoms with Gasteiger partial charge >= 0.3 is 0 Å². The summed E-state index contributed by atoms with van der Waals surface area (Å²) in [5.74, 6) is 0.836. The Labute approximate surface area is 122 Å². The van der Waals surface area contributed by atoms with E-state index in [9.17, 15) is 0 Å². The average Bonchev–Trinajstić information content (AvgIpc) is 2.38. The molecule has 1 atom stereocenters. The van der Waals surface area contributed by atoms with Crippen LogP contribution in [-0.2, 0) is 6.42 Å². The number of ether oxygens (including phenoxy) is 1. The van der Waals surface area contributed by atoms with E-state index in [-0.39, 0.29) is 6.04 Å². The van der Waals surface area contributed by atoms with E-state index in [1.165, 1.54) is 11.1 Å². The minimum atomic E-state index is -0.0748. The van der Waals surface area contributed by atoms with Gasteiger partial charge in [-0.2, -0.15) is 0 Å². The van der Waals surface area contributed by atoms with E-state index < -0.39 is 0 Å². The van der Waals surface area contributed by atoms with Gasteiger partial charge in [0.1, 0.15) is 5.75 Å². The van der Waals surface area contributed by atoms with Gasteiger partial charge in [-0.25, -0.2) is 0 Å². The monoisotopic (exact) mass is 319 g/mol. The fourth-order valence-corrected chi connectivity index (χ4v) is 2.58. The first kappa shape index (κ1) is 14.1. The maximum Gasteiger partial charge on any atom is 0.123 e. The van der Waals surface area contributed by atoms with Crippen molar-refractivity contribution in [3.05, 3.63) is 63.6 Å². The summed E-state index contributed by atoms with van der Waals surface area (Å²) >= 11 is 3.48. The first-order chi connectivity index (χ1) is 9.10. The van der Waals surface area contributed by atoms with Crippen molar-refractivity contribution in [2.24, 2.45) is 5.73 Å². The fraction of sp³-hybridized carbons (Fsp3) is 0.250. The Balaban J connectivity index is 2.24. The lowest BCUT2D eigenvalue weighted by Crippen LogP contribution is -2.14. The molecular weight excluding hydrogens is 302 g/mol. The first-order valence-corrected chi connectivity index (χ1v) is 7.04. The van der Waals surface area contributed by atoms with Crippen molar-refractivity contribution in [1.29, 1.82) is 0 Å². The van der Waals surface area contributed by atoms with Gasteiger partial charge in [-0.3, -0.25) is 0 Å². The van der Waals surface area contributed by atoms with E-state index in [1.54, 1.807) is 7.11 Å². The van der Waals surface area contributed by atoms with Crippen LogP contribution in [0, 0.1) is 6.92 Å². The predicted molar refractivity (Wildman–Crippen MR) is 82.5 cm³/mol. The summed E-state index contributed by atoms with van der Waals surface area (Å²) in [7, 11) is 1.67. The van der Waals surface area contributed by atoms with Gasteiger partial charge in [0, 0.05) is 16.1 Å². The van der Waals surface area contributed by atoms with Crippen molar-refractivity contribution in [2.75, 3.05) is 7.11 Å². The first-order valence-electron chi connectivity index (χ1n) is 6.24. The van der Waals surface area contributed by atoms with Gasteiger partial charge in [-0.15, -0.1) is 0 Å². The standard InChI is InChI=1S/C16H18BrNO/c1-11-4-3-5-12(8-11)9-15(18)14-10-13(17)6-7-16(14)19-2/h3-8,10,15H,9,18H2,1-2H3. The lowest BCUT2D eigenvalue weighted by molar-refractivity contribution is 0.405. The highest BCUT2D eigenvalue weighted by Gasteiger charge is 2.13. The number of rotatable bonds is 4. The second-order valence-electron chi connectivity index (χ2n) is 4.69. The quantitative estimate of drug-likeness (QED) is 0.924. The molecule has 2 rings (SSSR count). The molecule has 2 aromatic carbocycles. The molecular formula is C16H18BrNO. The number of hydrogen-bond acceptors (Lipinski definition) is 2. The molecule has 0 spiro atoms. The molecule has 2 aromatic rings. The van der Waals surface area contributed by atoms with Crippen LogP contribution in [0.4, 0.5) is 0 Å². The number of halogens is 1. The molecule has 0 aliphatic heterocycles. The number of benzene rings is 2. The zero-order chi connectivity index (χ0) is 13.8. The van der Waals surface area contributed by atoms with Crippen LogP contribution in [0.5, 0.6) is 5.75 Å². The van der Waals surface area contributed by atoms with Crippen molar-refractivity contribution in [1.82, 2.24) is 0 Å². The van der Waals surface area contributed by atoms with E-state index in [0.29, 0.717) is 0 Å². The van der Waals surface area contributed by atoms with E-state index in [0.717, 1.165) is 22.2 Å². The zero-order valence-corrected chi connectivity index (χ0v) is 12.8. The summed E-state index contributed by atoms with van der Waals surface area (Å²) in [6.45, 7) is 2.09. The summed E-state index contributed by atoms with van der Waals surface area (Å²) in [5.41, 5.74) is 9.85. The maximum absolute atomic E-state index is 6.32. The SMILES string of the molecule is COc1ccc(Br)cc1C(N)Cc1cccc(C)c1. The molecule has 19 heavy (non-hydrogen) atoms. The molecule has 0 amide bonds. The van der Waals surface area contributed by atoms with E-state index in [4.69, 9.17) is 10.5 Å². The van der Waals surface area contributed by atoms with Crippen molar-refractivity contribution in [3.63, 3.8) is 0 Å². The number of nitrogens with two attached hydrogens (primary N) is 1. The van der Waals surface area contributed by atoms with E-state index in [2.05, 4.69) is 47.1 Å². The lowest BCUT2D eigenvalue weighted by Gasteiger charge is -2.16. The molecule has 0 fully saturated rings. The van der Waals surface area contributed by atoms with Gasteiger partial charge in [0.25, 0.3) is 0 Å². The molecule has 2 N–H and O–H groups in total. The minimum Gasteiger partial charge on any atom is -0.496 e. The molecule has 0 saturated carbocycles. The Kier molecular flexibility index (Phi) is 4.61. The van der Waals surface area contributed by atoms with Crippen LogP contribution in [0.3, 0.4) is 0 Å². The minimum absolute atomic E-state index is 0.0748. The van der Waals surface area contributed by atoms with Crippen LogP contribution in [0.1, 0.15) is 22.7 Å². The topological polar surface area (TPSA) is 35.2 Å². The van der Waals surface area contributed by atoms with Crippen LogP contribution >= 0.6 is 15.9 Å². The third-order valence-electron chi connectivity index (χ3n) is 3.13. The predicted octanol–water partition coefficient (Wildman–Crippen LogP) is 4.01. The summed E-state index contributed by atoms with van der Waals surface area (Å²) < 4.78 is 6.40. The van der Waals surface area contributed by atoms with Crippen molar-refractivity contribution < 1.29 is 4.74 Å². The van der Waals surface area contributed by atoms with Crippen LogP contribution in [0.2, 0.25) is 0 Å². The molecule has 0 saturated heterocycles. The second-order valence-corrected chi connectivity index (χ2v) is 5.60. The summed E-state index contributed by atoms with van der Waals surface area (Å²) in [5, 5.41) is 0. The largest absolute Gasteiger partial charge is 0.496 e. The molecule has 3 heteroatoms. The Morgan fingerprint density at radius 3 is 2.68 bits per heavy atom. The van der Waals surface area contributed by atoms with E-state index in [1.807, 2.05) is 18.2 Å². The average molecular weight is 320 g/mol. The van der Waals surface area contributed by atoms with Crippen molar-refractivity contribution in [3.8, 4) is 5.75 Å². The van der Waals surface area contributed by atoms with Crippen molar-refractivity contribution in [2.45, 2.75) is 19.4 Å². The van der Waals surface area contributed by atoms with Gasteiger partial charge < -0.3 is 10.5 Å². The van der Waals surface area contributed by atoms with Crippen LogP contribution < -0.4 is 10.5 Å². The second kappa shape index (κ2) is 6.22. The normalized spacial score (nSPS) is 12.2.